The summed E-state index contributed by atoms with van der Waals surface area (Å²) in [6.45, 7) is 2.72. The quantitative estimate of drug-likeness (QED) is 0.607. The van der Waals surface area contributed by atoms with Crippen LogP contribution < -0.4 is 5.32 Å². The maximum atomic E-state index is 14.0. The summed E-state index contributed by atoms with van der Waals surface area (Å²) in [6, 6.07) is 4.12. The number of halogens is 2. The van der Waals surface area contributed by atoms with Crippen molar-refractivity contribution in [2.75, 3.05) is 26.7 Å². The minimum atomic E-state index is -0.454. The van der Waals surface area contributed by atoms with Crippen molar-refractivity contribution in [1.29, 1.82) is 0 Å². The van der Waals surface area contributed by atoms with Crippen LogP contribution in [0.5, 0.6) is 0 Å². The fourth-order valence-electron chi connectivity index (χ4n) is 4.69. The Balaban J connectivity index is 1.24. The van der Waals surface area contributed by atoms with Crippen molar-refractivity contribution in [2.24, 2.45) is 10.9 Å². The topological polar surface area (TPSA) is 36.9 Å². The molecular formula is C22H31F2N3O. The Morgan fingerprint density at radius 1 is 1.14 bits per heavy atom. The molecular weight excluding hydrogens is 360 g/mol. The van der Waals surface area contributed by atoms with Gasteiger partial charge >= 0.3 is 0 Å². The molecule has 1 saturated heterocycles. The maximum Gasteiger partial charge on any atom is 0.193 e. The lowest BCUT2D eigenvalue weighted by molar-refractivity contribution is 0.00101. The average Bonchev–Trinajstić information content (AvgIpc) is 3.23. The molecule has 6 heteroatoms. The van der Waals surface area contributed by atoms with E-state index in [0.29, 0.717) is 6.10 Å². The molecule has 28 heavy (non-hydrogen) atoms. The van der Waals surface area contributed by atoms with Crippen molar-refractivity contribution in [3.63, 3.8) is 0 Å². The molecule has 0 aromatic heterocycles. The first-order valence-corrected chi connectivity index (χ1v) is 10.7. The molecule has 0 spiro atoms. The Morgan fingerprint density at radius 2 is 1.82 bits per heavy atom. The van der Waals surface area contributed by atoms with E-state index in [0.717, 1.165) is 50.8 Å². The number of nitrogens with zero attached hydrogens (tertiary/aromatic N) is 2. The maximum absolute atomic E-state index is 14.0. The predicted octanol–water partition coefficient (Wildman–Crippen LogP) is 4.07. The van der Waals surface area contributed by atoms with Crippen LogP contribution in [0.3, 0.4) is 0 Å². The summed E-state index contributed by atoms with van der Waals surface area (Å²) < 4.78 is 34.1. The van der Waals surface area contributed by atoms with Crippen molar-refractivity contribution in [3.05, 3.63) is 35.4 Å². The number of piperidine rings is 1. The van der Waals surface area contributed by atoms with E-state index < -0.39 is 11.6 Å². The number of hydrogen-bond donors (Lipinski definition) is 1. The van der Waals surface area contributed by atoms with Gasteiger partial charge in [0.25, 0.3) is 0 Å². The summed E-state index contributed by atoms with van der Waals surface area (Å²) >= 11 is 0. The second-order valence-corrected chi connectivity index (χ2v) is 8.45. The smallest absolute Gasteiger partial charge is 0.193 e. The SMILES string of the molecule is CN=C(NC1CC1c1c(F)cccc1F)N1CCC(OCC2CCCC2)CC1. The van der Waals surface area contributed by atoms with E-state index in [4.69, 9.17) is 4.74 Å². The lowest BCUT2D eigenvalue weighted by atomic mass is 10.1. The van der Waals surface area contributed by atoms with Crippen LogP contribution >= 0.6 is 0 Å². The molecule has 1 heterocycles. The van der Waals surface area contributed by atoms with Crippen molar-refractivity contribution in [1.82, 2.24) is 10.2 Å². The van der Waals surface area contributed by atoms with Crippen LogP contribution in [-0.4, -0.2) is 49.7 Å². The molecule has 3 aliphatic rings. The fraction of sp³-hybridized carbons (Fsp3) is 0.682. The summed E-state index contributed by atoms with van der Waals surface area (Å²) in [5.74, 6) is 0.566. The van der Waals surface area contributed by atoms with E-state index >= 15 is 0 Å². The summed E-state index contributed by atoms with van der Waals surface area (Å²) in [4.78, 5) is 6.64. The van der Waals surface area contributed by atoms with Gasteiger partial charge in [0, 0.05) is 44.3 Å². The van der Waals surface area contributed by atoms with Gasteiger partial charge in [0.15, 0.2) is 5.96 Å². The highest BCUT2D eigenvalue weighted by Gasteiger charge is 2.43. The minimum Gasteiger partial charge on any atom is -0.378 e. The van der Waals surface area contributed by atoms with Gasteiger partial charge in [-0.25, -0.2) is 8.78 Å². The summed E-state index contributed by atoms with van der Waals surface area (Å²) in [5, 5.41) is 3.41. The molecule has 2 saturated carbocycles. The Hall–Kier alpha value is -1.69. The molecule has 4 nitrogen and oxygen atoms in total. The lowest BCUT2D eigenvalue weighted by Gasteiger charge is -2.34. The van der Waals surface area contributed by atoms with Gasteiger partial charge in [-0.05, 0) is 50.2 Å². The van der Waals surface area contributed by atoms with E-state index in [2.05, 4.69) is 15.2 Å². The molecule has 3 fully saturated rings. The van der Waals surface area contributed by atoms with Crippen LogP contribution in [0.2, 0.25) is 0 Å². The molecule has 2 aliphatic carbocycles. The van der Waals surface area contributed by atoms with Gasteiger partial charge in [-0.3, -0.25) is 4.99 Å². The Labute approximate surface area is 166 Å². The number of benzene rings is 1. The number of hydrogen-bond acceptors (Lipinski definition) is 2. The molecule has 0 amide bonds. The molecule has 4 rings (SSSR count). The third kappa shape index (κ3) is 4.48. The molecule has 0 bridgehead atoms. The van der Waals surface area contributed by atoms with Crippen LogP contribution in [0.15, 0.2) is 23.2 Å². The largest absolute Gasteiger partial charge is 0.378 e. The number of likely N-dealkylation sites (tertiary alicyclic amines) is 1. The van der Waals surface area contributed by atoms with Crippen molar-refractivity contribution >= 4 is 5.96 Å². The van der Waals surface area contributed by atoms with Crippen LogP contribution in [0.1, 0.15) is 56.4 Å². The van der Waals surface area contributed by atoms with Gasteiger partial charge in [0.1, 0.15) is 11.6 Å². The van der Waals surface area contributed by atoms with Crippen LogP contribution in [0.4, 0.5) is 8.78 Å². The number of rotatable bonds is 5. The predicted molar refractivity (Wildman–Crippen MR) is 107 cm³/mol. The minimum absolute atomic E-state index is 0.0430. The van der Waals surface area contributed by atoms with Crippen molar-refractivity contribution < 1.29 is 13.5 Å². The first-order valence-electron chi connectivity index (χ1n) is 10.7. The second kappa shape index (κ2) is 8.76. The number of nitrogens with one attached hydrogen (secondary N) is 1. The van der Waals surface area contributed by atoms with Crippen LogP contribution in [-0.2, 0) is 4.74 Å². The first-order chi connectivity index (χ1) is 13.7. The van der Waals surface area contributed by atoms with E-state index in [-0.39, 0.29) is 17.5 Å². The lowest BCUT2D eigenvalue weighted by Crippen LogP contribution is -2.48. The number of ether oxygens (including phenoxy) is 1. The zero-order valence-corrected chi connectivity index (χ0v) is 16.7. The molecule has 1 aromatic rings. The summed E-state index contributed by atoms with van der Waals surface area (Å²) in [5.41, 5.74) is 0.203. The van der Waals surface area contributed by atoms with E-state index in [1.165, 1.54) is 43.9 Å². The molecule has 1 aromatic carbocycles. The first kappa shape index (κ1) is 19.6. The summed E-state index contributed by atoms with van der Waals surface area (Å²) in [7, 11) is 1.77. The number of aliphatic imine (C=N–C) groups is 1. The van der Waals surface area contributed by atoms with Crippen molar-refractivity contribution in [2.45, 2.75) is 63.0 Å². The highest BCUT2D eigenvalue weighted by Crippen LogP contribution is 2.43. The second-order valence-electron chi connectivity index (χ2n) is 8.45. The Bertz CT molecular complexity index is 677. The van der Waals surface area contributed by atoms with Gasteiger partial charge in [0.05, 0.1) is 6.10 Å². The molecule has 2 atom stereocenters. The third-order valence-corrected chi connectivity index (χ3v) is 6.47. The zero-order chi connectivity index (χ0) is 19.5. The average molecular weight is 392 g/mol. The molecule has 154 valence electrons. The number of guanidine groups is 1. The van der Waals surface area contributed by atoms with E-state index in [1.54, 1.807) is 7.05 Å². The zero-order valence-electron chi connectivity index (χ0n) is 16.7. The van der Waals surface area contributed by atoms with E-state index in [1.807, 2.05) is 0 Å². The molecule has 1 aliphatic heterocycles. The molecule has 0 radical (unpaired) electrons. The third-order valence-electron chi connectivity index (χ3n) is 6.47. The Kier molecular flexibility index (Phi) is 6.14. The van der Waals surface area contributed by atoms with Crippen molar-refractivity contribution in [3.8, 4) is 0 Å². The molecule has 1 N–H and O–H groups in total. The van der Waals surface area contributed by atoms with Crippen LogP contribution in [0, 0.1) is 17.6 Å². The fourth-order valence-corrected chi connectivity index (χ4v) is 4.69. The highest BCUT2D eigenvalue weighted by molar-refractivity contribution is 5.80. The van der Waals surface area contributed by atoms with Gasteiger partial charge in [-0.2, -0.15) is 0 Å². The normalized spacial score (nSPS) is 26.7. The van der Waals surface area contributed by atoms with Crippen LogP contribution in [0.25, 0.3) is 0 Å². The van der Waals surface area contributed by atoms with Gasteiger partial charge in [-0.1, -0.05) is 18.9 Å². The summed E-state index contributed by atoms with van der Waals surface area (Å²) in [6.07, 6.45) is 8.43. The Morgan fingerprint density at radius 3 is 2.46 bits per heavy atom. The standard InChI is InChI=1S/C22H31F2N3O/c1-25-22(26-20-13-17(20)21-18(23)7-4-8-19(21)24)27-11-9-16(10-12-27)28-14-15-5-2-3-6-15/h4,7-8,15-17,20H,2-3,5-6,9-14H2,1H3,(H,25,26). The van der Waals surface area contributed by atoms with Gasteiger partial charge in [0.2, 0.25) is 0 Å². The van der Waals surface area contributed by atoms with Gasteiger partial charge in [-0.15, -0.1) is 0 Å². The highest BCUT2D eigenvalue weighted by atomic mass is 19.1. The van der Waals surface area contributed by atoms with Gasteiger partial charge < -0.3 is 15.0 Å². The monoisotopic (exact) mass is 391 g/mol. The molecule has 2 unspecified atom stereocenters. The van der Waals surface area contributed by atoms with E-state index in [9.17, 15) is 8.78 Å².